The van der Waals surface area contributed by atoms with E-state index < -0.39 is 0 Å². The van der Waals surface area contributed by atoms with Gasteiger partial charge in [-0.2, -0.15) is 0 Å². The van der Waals surface area contributed by atoms with Crippen LogP contribution < -0.4 is 0 Å². The fraction of sp³-hybridized carbons (Fsp3) is 0.300. The average Bonchev–Trinajstić information content (AvgIpc) is 3.06. The third-order valence-electron chi connectivity index (χ3n) is 4.74. The van der Waals surface area contributed by atoms with E-state index in [4.69, 9.17) is 4.42 Å². The number of carbonyl (C=O) groups excluding carboxylic acids is 1. The smallest absolute Gasteiger partial charge is 0.254 e. The van der Waals surface area contributed by atoms with E-state index in [1.807, 2.05) is 53.4 Å². The Labute approximate surface area is 141 Å². The van der Waals surface area contributed by atoms with E-state index in [1.165, 1.54) is 6.42 Å². The van der Waals surface area contributed by atoms with Crippen molar-refractivity contribution in [3.05, 3.63) is 54.1 Å². The quantitative estimate of drug-likeness (QED) is 0.698. The van der Waals surface area contributed by atoms with Gasteiger partial charge in [0, 0.05) is 23.7 Å². The Morgan fingerprint density at radius 2 is 1.92 bits per heavy atom. The monoisotopic (exact) mass is 320 g/mol. The second-order valence-corrected chi connectivity index (χ2v) is 6.41. The van der Waals surface area contributed by atoms with Gasteiger partial charge in [0.15, 0.2) is 5.58 Å². The molecule has 1 aliphatic heterocycles. The number of piperidine rings is 1. The topological polar surface area (TPSA) is 46.3 Å². The van der Waals surface area contributed by atoms with Gasteiger partial charge in [0.2, 0.25) is 5.89 Å². The zero-order valence-corrected chi connectivity index (χ0v) is 13.7. The van der Waals surface area contributed by atoms with E-state index in [0.717, 1.165) is 41.6 Å². The lowest BCUT2D eigenvalue weighted by molar-refractivity contribution is 0.0635. The molecule has 4 nitrogen and oxygen atoms in total. The Hall–Kier alpha value is -2.62. The summed E-state index contributed by atoms with van der Waals surface area (Å²) in [7, 11) is 0. The SMILES string of the molecule is C[C@H]1CCCCN1C(=O)c1ccc(-c2nc3ccccc3o2)cc1. The van der Waals surface area contributed by atoms with Gasteiger partial charge in [0.1, 0.15) is 5.52 Å². The Balaban J connectivity index is 1.59. The molecule has 3 aromatic rings. The van der Waals surface area contributed by atoms with E-state index in [9.17, 15) is 4.79 Å². The fourth-order valence-electron chi connectivity index (χ4n) is 3.32. The Morgan fingerprint density at radius 3 is 2.67 bits per heavy atom. The molecule has 0 unspecified atom stereocenters. The summed E-state index contributed by atoms with van der Waals surface area (Å²) in [6.45, 7) is 2.98. The van der Waals surface area contributed by atoms with Gasteiger partial charge < -0.3 is 9.32 Å². The van der Waals surface area contributed by atoms with Crippen LogP contribution in [0.25, 0.3) is 22.6 Å². The minimum absolute atomic E-state index is 0.117. The molecule has 122 valence electrons. The summed E-state index contributed by atoms with van der Waals surface area (Å²) in [4.78, 5) is 19.2. The third-order valence-corrected chi connectivity index (χ3v) is 4.74. The number of carbonyl (C=O) groups is 1. The normalized spacial score (nSPS) is 18.0. The summed E-state index contributed by atoms with van der Waals surface area (Å²) >= 11 is 0. The number of rotatable bonds is 2. The Morgan fingerprint density at radius 1 is 1.12 bits per heavy atom. The first-order valence-electron chi connectivity index (χ1n) is 8.49. The molecule has 2 aromatic carbocycles. The van der Waals surface area contributed by atoms with Crippen LogP contribution in [0.1, 0.15) is 36.5 Å². The molecular weight excluding hydrogens is 300 g/mol. The minimum atomic E-state index is 0.117. The molecular formula is C20H20N2O2. The predicted octanol–water partition coefficient (Wildman–Crippen LogP) is 4.51. The van der Waals surface area contributed by atoms with E-state index in [-0.39, 0.29) is 5.91 Å². The van der Waals surface area contributed by atoms with Crippen LogP contribution in [0.5, 0.6) is 0 Å². The largest absolute Gasteiger partial charge is 0.436 e. The molecule has 4 heteroatoms. The molecule has 2 heterocycles. The standard InChI is InChI=1S/C20H20N2O2/c1-14-6-4-5-13-22(14)20(23)16-11-9-15(10-12-16)19-21-17-7-2-3-8-18(17)24-19/h2-3,7-12,14H,4-6,13H2,1H3/t14-/m0/s1. The minimum Gasteiger partial charge on any atom is -0.436 e. The summed E-state index contributed by atoms with van der Waals surface area (Å²) in [5, 5.41) is 0. The number of amides is 1. The maximum atomic E-state index is 12.7. The highest BCUT2D eigenvalue weighted by molar-refractivity contribution is 5.95. The lowest BCUT2D eigenvalue weighted by Crippen LogP contribution is -2.41. The Bertz CT molecular complexity index is 834. The molecule has 1 saturated heterocycles. The molecule has 1 aromatic heterocycles. The van der Waals surface area contributed by atoms with Gasteiger partial charge in [0.05, 0.1) is 0 Å². The van der Waals surface area contributed by atoms with Crippen LogP contribution in [-0.2, 0) is 0 Å². The van der Waals surface area contributed by atoms with Crippen LogP contribution in [0.2, 0.25) is 0 Å². The highest BCUT2D eigenvalue weighted by Gasteiger charge is 2.24. The van der Waals surface area contributed by atoms with E-state index in [2.05, 4.69) is 11.9 Å². The summed E-state index contributed by atoms with van der Waals surface area (Å²) in [5.74, 6) is 0.702. The lowest BCUT2D eigenvalue weighted by Gasteiger charge is -2.33. The van der Waals surface area contributed by atoms with Crippen molar-refractivity contribution in [1.29, 1.82) is 0 Å². The molecule has 0 N–H and O–H groups in total. The number of likely N-dealkylation sites (tertiary alicyclic amines) is 1. The van der Waals surface area contributed by atoms with Crippen molar-refractivity contribution in [3.8, 4) is 11.5 Å². The molecule has 24 heavy (non-hydrogen) atoms. The van der Waals surface area contributed by atoms with Crippen molar-refractivity contribution in [2.24, 2.45) is 0 Å². The maximum absolute atomic E-state index is 12.7. The van der Waals surface area contributed by atoms with Crippen molar-refractivity contribution in [2.45, 2.75) is 32.2 Å². The molecule has 1 amide bonds. The van der Waals surface area contributed by atoms with Crippen molar-refractivity contribution < 1.29 is 9.21 Å². The first kappa shape index (κ1) is 14.9. The molecule has 1 atom stereocenters. The van der Waals surface area contributed by atoms with Crippen LogP contribution in [-0.4, -0.2) is 28.4 Å². The second-order valence-electron chi connectivity index (χ2n) is 6.41. The number of hydrogen-bond donors (Lipinski definition) is 0. The van der Waals surface area contributed by atoms with Gasteiger partial charge in [-0.15, -0.1) is 0 Å². The lowest BCUT2D eigenvalue weighted by atomic mass is 10.0. The number of oxazole rings is 1. The number of fused-ring (bicyclic) bond motifs is 1. The van der Waals surface area contributed by atoms with Gasteiger partial charge in [-0.25, -0.2) is 4.98 Å². The summed E-state index contributed by atoms with van der Waals surface area (Å²) < 4.78 is 5.78. The van der Waals surface area contributed by atoms with Crippen LogP contribution in [0.3, 0.4) is 0 Å². The van der Waals surface area contributed by atoms with Crippen LogP contribution in [0.15, 0.2) is 52.9 Å². The summed E-state index contributed by atoms with van der Waals surface area (Å²) in [5.41, 5.74) is 3.22. The molecule has 0 radical (unpaired) electrons. The van der Waals surface area contributed by atoms with Crippen LogP contribution >= 0.6 is 0 Å². The predicted molar refractivity (Wildman–Crippen MR) is 93.8 cm³/mol. The maximum Gasteiger partial charge on any atom is 0.254 e. The Kier molecular flexibility index (Phi) is 3.81. The van der Waals surface area contributed by atoms with Gasteiger partial charge in [-0.05, 0) is 62.6 Å². The zero-order chi connectivity index (χ0) is 16.5. The van der Waals surface area contributed by atoms with Crippen molar-refractivity contribution in [2.75, 3.05) is 6.54 Å². The van der Waals surface area contributed by atoms with E-state index >= 15 is 0 Å². The zero-order valence-electron chi connectivity index (χ0n) is 13.7. The average molecular weight is 320 g/mol. The molecule has 4 rings (SSSR count). The number of para-hydroxylation sites is 2. The number of benzene rings is 2. The first-order chi connectivity index (χ1) is 11.7. The third kappa shape index (κ3) is 2.68. The van der Waals surface area contributed by atoms with Crippen molar-refractivity contribution >= 4 is 17.0 Å². The number of nitrogens with zero attached hydrogens (tertiary/aromatic N) is 2. The van der Waals surface area contributed by atoms with Gasteiger partial charge in [0.25, 0.3) is 5.91 Å². The number of hydrogen-bond acceptors (Lipinski definition) is 3. The highest BCUT2D eigenvalue weighted by atomic mass is 16.3. The van der Waals surface area contributed by atoms with Crippen molar-refractivity contribution in [3.63, 3.8) is 0 Å². The van der Waals surface area contributed by atoms with Gasteiger partial charge >= 0.3 is 0 Å². The summed E-state index contributed by atoms with van der Waals surface area (Å²) in [6.07, 6.45) is 3.39. The van der Waals surface area contributed by atoms with Gasteiger partial charge in [-0.3, -0.25) is 4.79 Å². The van der Waals surface area contributed by atoms with E-state index in [0.29, 0.717) is 11.9 Å². The van der Waals surface area contributed by atoms with Crippen LogP contribution in [0, 0.1) is 0 Å². The molecule has 1 fully saturated rings. The summed E-state index contributed by atoms with van der Waals surface area (Å²) in [6, 6.07) is 15.6. The molecule has 0 spiro atoms. The highest BCUT2D eigenvalue weighted by Crippen LogP contribution is 2.25. The van der Waals surface area contributed by atoms with Crippen LogP contribution in [0.4, 0.5) is 0 Å². The first-order valence-corrected chi connectivity index (χ1v) is 8.49. The van der Waals surface area contributed by atoms with Gasteiger partial charge in [-0.1, -0.05) is 12.1 Å². The molecule has 1 aliphatic rings. The van der Waals surface area contributed by atoms with Crippen molar-refractivity contribution in [1.82, 2.24) is 9.88 Å². The molecule has 0 aliphatic carbocycles. The molecule has 0 bridgehead atoms. The second kappa shape index (κ2) is 6.11. The molecule has 0 saturated carbocycles. The van der Waals surface area contributed by atoms with E-state index in [1.54, 1.807) is 0 Å². The fourth-order valence-corrected chi connectivity index (χ4v) is 3.32. The number of aromatic nitrogens is 1.